The summed E-state index contributed by atoms with van der Waals surface area (Å²) in [7, 11) is 0. The Morgan fingerprint density at radius 2 is 1.78 bits per heavy atom. The number of nitrogens with one attached hydrogen (secondary N) is 1. The lowest BCUT2D eigenvalue weighted by Gasteiger charge is -2.29. The molecule has 1 N–H and O–H groups in total. The Hall–Kier alpha value is -3.56. The van der Waals surface area contributed by atoms with Gasteiger partial charge >= 0.3 is 0 Å². The smallest absolute Gasteiger partial charge is 0.270 e. The third-order valence-electron chi connectivity index (χ3n) is 5.68. The van der Waals surface area contributed by atoms with Crippen LogP contribution in [0.25, 0.3) is 6.08 Å². The summed E-state index contributed by atoms with van der Waals surface area (Å²) in [5, 5.41) is 2.61. The van der Waals surface area contributed by atoms with E-state index in [1.165, 1.54) is 17.0 Å². The topological polar surface area (TPSA) is 67.9 Å². The first-order chi connectivity index (χ1) is 17.8. The van der Waals surface area contributed by atoms with E-state index in [4.69, 9.17) is 21.7 Å². The molecule has 0 bridgehead atoms. The third-order valence-corrected chi connectivity index (χ3v) is 6.55. The highest BCUT2D eigenvalue weighted by molar-refractivity contribution is 9.10. The highest BCUT2D eigenvalue weighted by Crippen LogP contribution is 2.38. The van der Waals surface area contributed by atoms with Gasteiger partial charge in [-0.3, -0.25) is 19.8 Å². The molecule has 1 heterocycles. The molecule has 0 saturated carbocycles. The number of hydrogen-bond donors (Lipinski definition) is 1. The van der Waals surface area contributed by atoms with E-state index in [2.05, 4.69) is 21.2 Å². The van der Waals surface area contributed by atoms with Gasteiger partial charge in [0.2, 0.25) is 0 Å². The molecule has 190 valence electrons. The number of halogens is 2. The molecular formula is C28H24BrFN2O4S. The van der Waals surface area contributed by atoms with Crippen LogP contribution in [0, 0.1) is 5.82 Å². The fourth-order valence-corrected chi connectivity index (χ4v) is 4.63. The summed E-state index contributed by atoms with van der Waals surface area (Å²) in [6.45, 7) is 4.20. The summed E-state index contributed by atoms with van der Waals surface area (Å²) >= 11 is 8.77. The van der Waals surface area contributed by atoms with Crippen molar-refractivity contribution in [1.29, 1.82) is 0 Å². The molecule has 3 aromatic rings. The Kier molecular flexibility index (Phi) is 8.35. The summed E-state index contributed by atoms with van der Waals surface area (Å²) in [6.07, 6.45) is 2.33. The first-order valence-electron chi connectivity index (χ1n) is 11.6. The molecular weight excluding hydrogens is 559 g/mol. The van der Waals surface area contributed by atoms with E-state index in [-0.39, 0.29) is 23.1 Å². The zero-order valence-electron chi connectivity index (χ0n) is 20.2. The molecule has 1 fully saturated rings. The SMILES string of the molecule is CCOc1cc(/C=C2\C(=O)NC(=S)N(c3ccc(CC)cc3)C2=O)cc(Br)c1OCc1ccccc1F. The van der Waals surface area contributed by atoms with Crippen LogP contribution >= 0.6 is 28.1 Å². The molecule has 0 radical (unpaired) electrons. The molecule has 0 aromatic heterocycles. The number of thiocarbonyl (C=S) groups is 1. The van der Waals surface area contributed by atoms with Crippen molar-refractivity contribution >= 4 is 56.8 Å². The van der Waals surface area contributed by atoms with Crippen molar-refractivity contribution < 1.29 is 23.5 Å². The van der Waals surface area contributed by atoms with Crippen LogP contribution in [0.3, 0.4) is 0 Å². The average Bonchev–Trinajstić information content (AvgIpc) is 2.87. The minimum Gasteiger partial charge on any atom is -0.490 e. The maximum Gasteiger partial charge on any atom is 0.270 e. The van der Waals surface area contributed by atoms with Crippen LogP contribution in [0.5, 0.6) is 11.5 Å². The van der Waals surface area contributed by atoms with Gasteiger partial charge in [0.25, 0.3) is 11.8 Å². The Labute approximate surface area is 228 Å². The highest BCUT2D eigenvalue weighted by atomic mass is 79.9. The van der Waals surface area contributed by atoms with Crippen LogP contribution < -0.4 is 19.7 Å². The zero-order valence-corrected chi connectivity index (χ0v) is 22.6. The Bertz CT molecular complexity index is 1390. The lowest BCUT2D eigenvalue weighted by Crippen LogP contribution is -2.54. The van der Waals surface area contributed by atoms with E-state index in [0.717, 1.165) is 12.0 Å². The van der Waals surface area contributed by atoms with Crippen molar-refractivity contribution in [2.75, 3.05) is 11.5 Å². The van der Waals surface area contributed by atoms with Gasteiger partial charge < -0.3 is 9.47 Å². The number of carbonyl (C=O) groups excluding carboxylic acids is 2. The predicted molar refractivity (Wildman–Crippen MR) is 148 cm³/mol. The van der Waals surface area contributed by atoms with Gasteiger partial charge in [0.15, 0.2) is 16.6 Å². The number of ether oxygens (including phenoxy) is 2. The van der Waals surface area contributed by atoms with Gasteiger partial charge in [0, 0.05) is 5.56 Å². The molecule has 6 nitrogen and oxygen atoms in total. The van der Waals surface area contributed by atoms with Crippen LogP contribution in [0.4, 0.5) is 10.1 Å². The lowest BCUT2D eigenvalue weighted by molar-refractivity contribution is -0.122. The molecule has 1 aliphatic rings. The summed E-state index contributed by atoms with van der Waals surface area (Å²) in [5.74, 6) is -0.735. The van der Waals surface area contributed by atoms with Crippen LogP contribution in [0.15, 0.2) is 70.7 Å². The van der Waals surface area contributed by atoms with Crippen LogP contribution in [0.2, 0.25) is 0 Å². The second kappa shape index (κ2) is 11.7. The maximum absolute atomic E-state index is 14.0. The molecule has 0 unspecified atom stereocenters. The number of amides is 2. The van der Waals surface area contributed by atoms with Gasteiger partial charge in [-0.05, 0) is 89.0 Å². The molecule has 2 amide bonds. The second-order valence-electron chi connectivity index (χ2n) is 8.12. The number of hydrogen-bond acceptors (Lipinski definition) is 5. The minimum atomic E-state index is -0.592. The number of benzene rings is 3. The Morgan fingerprint density at radius 1 is 1.05 bits per heavy atom. The quantitative estimate of drug-likeness (QED) is 0.202. The predicted octanol–water partition coefficient (Wildman–Crippen LogP) is 5.96. The van der Waals surface area contributed by atoms with Crippen LogP contribution in [-0.2, 0) is 22.6 Å². The fraction of sp³-hybridized carbons (Fsp3) is 0.179. The van der Waals surface area contributed by atoms with Crippen LogP contribution in [0.1, 0.15) is 30.5 Å². The minimum absolute atomic E-state index is 0.00407. The van der Waals surface area contributed by atoms with Crippen molar-refractivity contribution in [3.05, 3.63) is 93.2 Å². The van der Waals surface area contributed by atoms with E-state index in [9.17, 15) is 14.0 Å². The van der Waals surface area contributed by atoms with E-state index >= 15 is 0 Å². The number of anilines is 1. The normalized spacial score (nSPS) is 14.6. The summed E-state index contributed by atoms with van der Waals surface area (Å²) in [6, 6.07) is 17.1. The average molecular weight is 583 g/mol. The standard InChI is InChI=1S/C28H24BrFN2O4S/c1-3-17-9-11-20(12-10-17)32-27(34)21(26(33)31-28(32)37)13-18-14-22(29)25(24(15-18)35-4-2)36-16-19-7-5-6-8-23(19)30/h5-15H,3-4,16H2,1-2H3,(H,31,33,37)/b21-13+. The van der Waals surface area contributed by atoms with Gasteiger partial charge in [-0.25, -0.2) is 4.39 Å². The largest absolute Gasteiger partial charge is 0.490 e. The molecule has 0 spiro atoms. The molecule has 3 aromatic carbocycles. The Balaban J connectivity index is 1.65. The van der Waals surface area contributed by atoms with Crippen LogP contribution in [-0.4, -0.2) is 23.5 Å². The lowest BCUT2D eigenvalue weighted by atomic mass is 10.1. The highest BCUT2D eigenvalue weighted by Gasteiger charge is 2.34. The summed E-state index contributed by atoms with van der Waals surface area (Å²) in [4.78, 5) is 27.4. The van der Waals surface area contributed by atoms with E-state index < -0.39 is 11.8 Å². The van der Waals surface area contributed by atoms with Gasteiger partial charge in [-0.1, -0.05) is 37.3 Å². The monoisotopic (exact) mass is 582 g/mol. The van der Waals surface area contributed by atoms with Gasteiger partial charge in [-0.2, -0.15) is 0 Å². The molecule has 1 aliphatic heterocycles. The molecule has 9 heteroatoms. The van der Waals surface area contributed by atoms with E-state index in [1.807, 2.05) is 26.0 Å². The summed E-state index contributed by atoms with van der Waals surface area (Å²) < 4.78 is 26.2. The van der Waals surface area contributed by atoms with Crippen molar-refractivity contribution in [3.8, 4) is 11.5 Å². The first kappa shape index (κ1) is 26.5. The van der Waals surface area contributed by atoms with Crippen molar-refractivity contribution in [2.24, 2.45) is 0 Å². The summed E-state index contributed by atoms with van der Waals surface area (Å²) in [5.41, 5.74) is 2.52. The molecule has 4 rings (SSSR count). The van der Waals surface area contributed by atoms with Gasteiger partial charge in [-0.15, -0.1) is 0 Å². The van der Waals surface area contributed by atoms with Crippen molar-refractivity contribution in [2.45, 2.75) is 26.9 Å². The first-order valence-corrected chi connectivity index (χ1v) is 12.9. The van der Waals surface area contributed by atoms with Gasteiger partial charge in [0.1, 0.15) is 18.0 Å². The second-order valence-corrected chi connectivity index (χ2v) is 9.36. The number of rotatable bonds is 8. The third kappa shape index (κ3) is 5.89. The van der Waals surface area contributed by atoms with E-state index in [0.29, 0.717) is 39.4 Å². The zero-order chi connectivity index (χ0) is 26.5. The molecule has 0 atom stereocenters. The van der Waals surface area contributed by atoms with E-state index in [1.54, 1.807) is 42.5 Å². The molecule has 0 aliphatic carbocycles. The number of carbonyl (C=O) groups is 2. The molecule has 37 heavy (non-hydrogen) atoms. The van der Waals surface area contributed by atoms with Crippen molar-refractivity contribution in [3.63, 3.8) is 0 Å². The molecule has 1 saturated heterocycles. The number of nitrogens with zero attached hydrogens (tertiary/aromatic N) is 1. The van der Waals surface area contributed by atoms with Crippen molar-refractivity contribution in [1.82, 2.24) is 5.32 Å². The fourth-order valence-electron chi connectivity index (χ4n) is 3.78. The Morgan fingerprint density at radius 3 is 2.46 bits per heavy atom. The maximum atomic E-state index is 14.0. The number of aryl methyl sites for hydroxylation is 1. The van der Waals surface area contributed by atoms with Gasteiger partial charge in [0.05, 0.1) is 16.8 Å².